The molecule has 3 heterocycles. The third kappa shape index (κ3) is 6.19. The van der Waals surface area contributed by atoms with Crippen LogP contribution >= 0.6 is 24.0 Å². The molecule has 0 aromatic carbocycles. The lowest BCUT2D eigenvalue weighted by Gasteiger charge is -2.25. The number of guanidine groups is 1. The number of nitrogens with one attached hydrogen (secondary N) is 2. The lowest BCUT2D eigenvalue weighted by Crippen LogP contribution is -2.47. The second-order valence-corrected chi connectivity index (χ2v) is 6.56. The summed E-state index contributed by atoms with van der Waals surface area (Å²) in [5.41, 5.74) is -0.889. The third-order valence-corrected chi connectivity index (χ3v) is 4.49. The van der Waals surface area contributed by atoms with Crippen LogP contribution in [0.3, 0.4) is 0 Å². The average molecular weight is 539 g/mol. The van der Waals surface area contributed by atoms with Crippen molar-refractivity contribution in [2.75, 3.05) is 20.2 Å². The maximum absolute atomic E-state index is 13.0. The Labute approximate surface area is 189 Å². The number of fused-ring (bicyclic) bond motifs is 1. The van der Waals surface area contributed by atoms with E-state index in [1.54, 1.807) is 7.05 Å². The molecule has 1 aliphatic rings. The average Bonchev–Trinajstić information content (AvgIpc) is 3.12. The molecule has 0 aliphatic carbocycles. The summed E-state index contributed by atoms with van der Waals surface area (Å²) in [5, 5.41) is 10.8. The molecule has 0 radical (unpaired) electrons. The van der Waals surface area contributed by atoms with Crippen LogP contribution < -0.4 is 15.4 Å². The molecule has 0 saturated carbocycles. The molecule has 1 unspecified atom stereocenters. The Morgan fingerprint density at radius 2 is 2.20 bits per heavy atom. The van der Waals surface area contributed by atoms with E-state index >= 15 is 0 Å². The minimum absolute atomic E-state index is 0. The highest BCUT2D eigenvalue weighted by Gasteiger charge is 2.35. The van der Waals surface area contributed by atoms with E-state index in [0.717, 1.165) is 37.0 Å². The van der Waals surface area contributed by atoms with Crippen LogP contribution in [0.1, 0.15) is 30.6 Å². The predicted molar refractivity (Wildman–Crippen MR) is 116 cm³/mol. The number of alkyl halides is 3. The van der Waals surface area contributed by atoms with Gasteiger partial charge in [0.15, 0.2) is 11.8 Å². The van der Waals surface area contributed by atoms with Crippen molar-refractivity contribution in [2.24, 2.45) is 4.99 Å². The van der Waals surface area contributed by atoms with Gasteiger partial charge in [-0.25, -0.2) is 14.6 Å². The van der Waals surface area contributed by atoms with Gasteiger partial charge >= 0.3 is 6.18 Å². The molecular formula is C18H25F3IN7O. The summed E-state index contributed by atoms with van der Waals surface area (Å²) < 4.78 is 46.0. The maximum atomic E-state index is 13.0. The van der Waals surface area contributed by atoms with E-state index in [1.807, 2.05) is 11.6 Å². The molecule has 1 atom stereocenters. The van der Waals surface area contributed by atoms with Crippen molar-refractivity contribution in [1.29, 1.82) is 0 Å². The SMILES string of the molecule is CCc1nc2n(n1)CC(NC(=NC)NCCOc1ncccc1C(F)(F)F)CC2.I. The van der Waals surface area contributed by atoms with Gasteiger partial charge in [0, 0.05) is 32.1 Å². The first-order valence-corrected chi connectivity index (χ1v) is 9.45. The van der Waals surface area contributed by atoms with Crippen LogP contribution in [-0.2, 0) is 25.6 Å². The molecule has 166 valence electrons. The summed E-state index contributed by atoms with van der Waals surface area (Å²) in [7, 11) is 1.63. The Hall–Kier alpha value is -2.12. The number of hydrogen-bond donors (Lipinski definition) is 2. The standard InChI is InChI=1S/C18H24F3N7O.HI/c1-3-14-26-15-7-6-12(11-28(15)27-14)25-17(22-2)24-9-10-29-16-13(18(19,20)21)5-4-8-23-16;/h4-5,8,12H,3,6-7,9-11H2,1-2H3,(H2,22,24,25);1H. The number of halogens is 4. The van der Waals surface area contributed by atoms with Gasteiger partial charge in [-0.05, 0) is 18.6 Å². The molecule has 12 heteroatoms. The number of pyridine rings is 1. The highest BCUT2D eigenvalue weighted by atomic mass is 127. The van der Waals surface area contributed by atoms with Gasteiger partial charge < -0.3 is 15.4 Å². The van der Waals surface area contributed by atoms with Crippen molar-refractivity contribution in [1.82, 2.24) is 30.4 Å². The Balaban J connectivity index is 0.00000320. The van der Waals surface area contributed by atoms with Crippen molar-refractivity contribution in [3.63, 3.8) is 0 Å². The molecule has 0 spiro atoms. The predicted octanol–water partition coefficient (Wildman–Crippen LogP) is 2.43. The quantitative estimate of drug-likeness (QED) is 0.254. The van der Waals surface area contributed by atoms with E-state index in [9.17, 15) is 13.2 Å². The van der Waals surface area contributed by atoms with Gasteiger partial charge in [-0.2, -0.15) is 18.3 Å². The molecule has 30 heavy (non-hydrogen) atoms. The van der Waals surface area contributed by atoms with Gasteiger partial charge in [-0.1, -0.05) is 6.92 Å². The first kappa shape index (κ1) is 24.2. The van der Waals surface area contributed by atoms with Crippen LogP contribution in [0.4, 0.5) is 13.2 Å². The van der Waals surface area contributed by atoms with Gasteiger partial charge in [-0.3, -0.25) is 4.99 Å². The molecule has 2 N–H and O–H groups in total. The second kappa shape index (κ2) is 10.8. The fourth-order valence-electron chi connectivity index (χ4n) is 3.05. The molecule has 0 amide bonds. The summed E-state index contributed by atoms with van der Waals surface area (Å²) in [4.78, 5) is 12.3. The van der Waals surface area contributed by atoms with Crippen LogP contribution in [0.15, 0.2) is 23.3 Å². The largest absolute Gasteiger partial charge is 0.475 e. The summed E-state index contributed by atoms with van der Waals surface area (Å²) in [6, 6.07) is 2.31. The summed E-state index contributed by atoms with van der Waals surface area (Å²) in [6.07, 6.45) is -0.725. The molecule has 0 fully saturated rings. The van der Waals surface area contributed by atoms with Crippen LogP contribution in [0, 0.1) is 0 Å². The molecule has 2 aromatic heterocycles. The zero-order valence-electron chi connectivity index (χ0n) is 16.7. The first-order valence-electron chi connectivity index (χ1n) is 9.45. The Morgan fingerprint density at radius 1 is 1.40 bits per heavy atom. The molecule has 8 nitrogen and oxygen atoms in total. The Morgan fingerprint density at radius 3 is 2.90 bits per heavy atom. The van der Waals surface area contributed by atoms with E-state index in [2.05, 4.69) is 30.7 Å². The second-order valence-electron chi connectivity index (χ2n) is 6.56. The number of rotatable bonds is 6. The highest BCUT2D eigenvalue weighted by molar-refractivity contribution is 14.0. The van der Waals surface area contributed by atoms with Crippen molar-refractivity contribution in [3.8, 4) is 5.88 Å². The Kier molecular flexibility index (Phi) is 8.67. The van der Waals surface area contributed by atoms with Crippen molar-refractivity contribution >= 4 is 29.9 Å². The number of aromatic nitrogens is 4. The smallest absolute Gasteiger partial charge is 0.421 e. The van der Waals surface area contributed by atoms with Gasteiger partial charge in [-0.15, -0.1) is 24.0 Å². The summed E-state index contributed by atoms with van der Waals surface area (Å²) in [5.74, 6) is 1.96. The lowest BCUT2D eigenvalue weighted by atomic mass is 10.1. The van der Waals surface area contributed by atoms with Crippen molar-refractivity contribution < 1.29 is 17.9 Å². The highest BCUT2D eigenvalue weighted by Crippen LogP contribution is 2.34. The monoisotopic (exact) mass is 539 g/mol. The molecule has 2 aromatic rings. The van der Waals surface area contributed by atoms with Gasteiger partial charge in [0.2, 0.25) is 5.88 Å². The number of hydrogen-bond acceptors (Lipinski definition) is 5. The molecule has 0 bridgehead atoms. The van der Waals surface area contributed by atoms with Crippen LogP contribution in [0.2, 0.25) is 0 Å². The van der Waals surface area contributed by atoms with E-state index in [1.165, 1.54) is 12.3 Å². The molecular weight excluding hydrogens is 514 g/mol. The van der Waals surface area contributed by atoms with Crippen molar-refractivity contribution in [3.05, 3.63) is 35.5 Å². The maximum Gasteiger partial charge on any atom is 0.421 e. The third-order valence-electron chi connectivity index (χ3n) is 4.49. The normalized spacial score (nSPS) is 16.4. The number of aliphatic imine (C=N–C) groups is 1. The fraction of sp³-hybridized carbons (Fsp3) is 0.556. The topological polar surface area (TPSA) is 89.2 Å². The fourth-order valence-corrected chi connectivity index (χ4v) is 3.05. The number of aryl methyl sites for hydroxylation is 2. The van der Waals surface area contributed by atoms with Crippen molar-refractivity contribution in [2.45, 2.75) is 44.9 Å². The molecule has 3 rings (SSSR count). The summed E-state index contributed by atoms with van der Waals surface area (Å²) >= 11 is 0. The zero-order chi connectivity index (χ0) is 20.9. The van der Waals surface area contributed by atoms with E-state index in [4.69, 9.17) is 4.74 Å². The number of ether oxygens (including phenoxy) is 1. The number of nitrogens with zero attached hydrogens (tertiary/aromatic N) is 5. The minimum Gasteiger partial charge on any atom is -0.475 e. The van der Waals surface area contributed by atoms with E-state index in [0.29, 0.717) is 12.5 Å². The van der Waals surface area contributed by atoms with Crippen LogP contribution in [0.25, 0.3) is 0 Å². The van der Waals surface area contributed by atoms with Gasteiger partial charge in [0.1, 0.15) is 18.0 Å². The Bertz CT molecular complexity index is 857. The minimum atomic E-state index is -4.51. The van der Waals surface area contributed by atoms with Gasteiger partial charge in [0.25, 0.3) is 0 Å². The molecule has 1 aliphatic heterocycles. The van der Waals surface area contributed by atoms with E-state index in [-0.39, 0.29) is 43.2 Å². The van der Waals surface area contributed by atoms with Crippen LogP contribution in [-0.4, -0.2) is 51.9 Å². The van der Waals surface area contributed by atoms with E-state index < -0.39 is 17.6 Å². The lowest BCUT2D eigenvalue weighted by molar-refractivity contribution is -0.139. The molecule has 0 saturated heterocycles. The zero-order valence-corrected chi connectivity index (χ0v) is 19.1. The van der Waals surface area contributed by atoms with Crippen LogP contribution in [0.5, 0.6) is 5.88 Å². The first-order chi connectivity index (χ1) is 13.9. The van der Waals surface area contributed by atoms with Gasteiger partial charge in [0.05, 0.1) is 13.1 Å². The summed E-state index contributed by atoms with van der Waals surface area (Å²) in [6.45, 7) is 2.99.